The average molecular weight is 574 g/mol. The maximum absolute atomic E-state index is 14.1. The number of benzene rings is 3. The lowest BCUT2D eigenvalue weighted by molar-refractivity contribution is -0.113. The molecule has 2 amide bonds. The average Bonchev–Trinajstić information content (AvgIpc) is 3.30. The van der Waals surface area contributed by atoms with Gasteiger partial charge >= 0.3 is 0 Å². The van der Waals surface area contributed by atoms with Crippen LogP contribution in [0.2, 0.25) is 0 Å². The number of aromatic nitrogens is 2. The largest absolute Gasteiger partial charge is 0.343 e. The number of para-hydroxylation sites is 1. The molecule has 0 spiro atoms. The fourth-order valence-electron chi connectivity index (χ4n) is 4.57. The smallest absolute Gasteiger partial charge is 0.261 e. The number of allylic oxidation sites excluding steroid dienone is 1. The first-order valence-corrected chi connectivity index (χ1v) is 12.8. The van der Waals surface area contributed by atoms with E-state index in [9.17, 15) is 14.0 Å². The summed E-state index contributed by atoms with van der Waals surface area (Å²) in [6.45, 7) is 5.70. The van der Waals surface area contributed by atoms with E-state index in [4.69, 9.17) is 0 Å². The first-order valence-electron chi connectivity index (χ1n) is 12.0. The number of carbonyl (C=O) groups excluding carboxylic acids is 2. The van der Waals surface area contributed by atoms with Gasteiger partial charge in [0.15, 0.2) is 0 Å². The van der Waals surface area contributed by atoms with Crippen LogP contribution in [0.25, 0.3) is 0 Å². The monoisotopic (exact) mass is 573 g/mol. The number of anilines is 3. The van der Waals surface area contributed by atoms with Gasteiger partial charge in [-0.1, -0.05) is 42.0 Å². The second-order valence-corrected chi connectivity index (χ2v) is 10.0. The SMILES string of the molecule is CC1=C(C(=O)Nc2ccc(C)cc2C)C(c2ccc(F)c(Br)c2)n2ncc(C(=O)Nc3ccccc3)c2N1. The Morgan fingerprint density at radius 2 is 1.74 bits per heavy atom. The minimum atomic E-state index is -0.716. The van der Waals surface area contributed by atoms with Crippen molar-refractivity contribution in [1.29, 1.82) is 0 Å². The quantitative estimate of drug-likeness (QED) is 0.251. The molecule has 192 valence electrons. The molecule has 3 N–H and O–H groups in total. The van der Waals surface area contributed by atoms with Crippen molar-refractivity contribution in [2.75, 3.05) is 16.0 Å². The molecule has 2 heterocycles. The van der Waals surface area contributed by atoms with Crippen LogP contribution in [-0.4, -0.2) is 21.6 Å². The van der Waals surface area contributed by atoms with Crippen LogP contribution in [0.4, 0.5) is 21.6 Å². The Bertz CT molecular complexity index is 1600. The predicted molar refractivity (Wildman–Crippen MR) is 150 cm³/mol. The van der Waals surface area contributed by atoms with E-state index in [2.05, 4.69) is 37.0 Å². The van der Waals surface area contributed by atoms with Gasteiger partial charge in [0.05, 0.1) is 16.2 Å². The Labute approximate surface area is 227 Å². The van der Waals surface area contributed by atoms with Gasteiger partial charge in [-0.15, -0.1) is 0 Å². The molecule has 0 saturated carbocycles. The maximum Gasteiger partial charge on any atom is 0.261 e. The van der Waals surface area contributed by atoms with Gasteiger partial charge in [0, 0.05) is 17.1 Å². The first kappa shape index (κ1) is 25.4. The molecule has 0 bridgehead atoms. The normalized spacial score (nSPS) is 14.5. The van der Waals surface area contributed by atoms with Crippen molar-refractivity contribution in [3.8, 4) is 0 Å². The zero-order chi connectivity index (χ0) is 27.0. The number of halogens is 2. The molecule has 1 unspecified atom stereocenters. The summed E-state index contributed by atoms with van der Waals surface area (Å²) in [4.78, 5) is 26.9. The summed E-state index contributed by atoms with van der Waals surface area (Å²) in [6.07, 6.45) is 1.46. The lowest BCUT2D eigenvalue weighted by atomic mass is 9.94. The molecule has 5 rings (SSSR count). The lowest BCUT2D eigenvalue weighted by Gasteiger charge is -2.30. The Morgan fingerprint density at radius 3 is 2.45 bits per heavy atom. The van der Waals surface area contributed by atoms with E-state index in [0.29, 0.717) is 39.6 Å². The standard InChI is InChI=1S/C29H25BrFN5O2/c1-16-9-12-24(17(2)13-16)35-29(38)25-18(3)33-27-21(28(37)34-20-7-5-4-6-8-20)15-32-36(27)26(25)19-10-11-23(31)22(30)14-19/h4-15,26,33H,1-3H3,(H,34,37)(H,35,38). The predicted octanol–water partition coefficient (Wildman–Crippen LogP) is 6.58. The molecule has 1 aliphatic heterocycles. The van der Waals surface area contributed by atoms with Gasteiger partial charge in [-0.3, -0.25) is 9.59 Å². The van der Waals surface area contributed by atoms with Gasteiger partial charge in [-0.25, -0.2) is 9.07 Å². The Morgan fingerprint density at radius 1 is 0.974 bits per heavy atom. The zero-order valence-electron chi connectivity index (χ0n) is 21.0. The highest BCUT2D eigenvalue weighted by molar-refractivity contribution is 9.10. The van der Waals surface area contributed by atoms with Gasteiger partial charge in [-0.2, -0.15) is 5.10 Å². The summed E-state index contributed by atoms with van der Waals surface area (Å²) in [5.74, 6) is -0.665. The second kappa shape index (κ2) is 10.3. The highest BCUT2D eigenvalue weighted by Crippen LogP contribution is 2.39. The summed E-state index contributed by atoms with van der Waals surface area (Å²) in [5, 5.41) is 13.6. The fraction of sp³-hybridized carbons (Fsp3) is 0.138. The highest BCUT2D eigenvalue weighted by atomic mass is 79.9. The summed E-state index contributed by atoms with van der Waals surface area (Å²) in [7, 11) is 0. The maximum atomic E-state index is 14.1. The van der Waals surface area contributed by atoms with Crippen molar-refractivity contribution in [2.24, 2.45) is 0 Å². The summed E-state index contributed by atoms with van der Waals surface area (Å²) < 4.78 is 16.0. The van der Waals surface area contributed by atoms with E-state index >= 15 is 0 Å². The summed E-state index contributed by atoms with van der Waals surface area (Å²) in [5.41, 5.74) is 5.25. The Hall–Kier alpha value is -4.24. The van der Waals surface area contributed by atoms with Crippen molar-refractivity contribution >= 4 is 44.9 Å². The Balaban J connectivity index is 1.57. The molecule has 0 radical (unpaired) electrons. The number of aryl methyl sites for hydroxylation is 2. The van der Waals surface area contributed by atoms with E-state index in [1.54, 1.807) is 35.9 Å². The van der Waals surface area contributed by atoms with Crippen LogP contribution in [0, 0.1) is 19.7 Å². The van der Waals surface area contributed by atoms with E-state index in [0.717, 1.165) is 11.1 Å². The van der Waals surface area contributed by atoms with Crippen LogP contribution >= 0.6 is 15.9 Å². The third-order valence-corrected chi connectivity index (χ3v) is 7.04. The van der Waals surface area contributed by atoms with Gasteiger partial charge in [0.1, 0.15) is 23.2 Å². The molecular formula is C29H25BrFN5O2. The van der Waals surface area contributed by atoms with Gasteiger partial charge in [0.2, 0.25) is 0 Å². The minimum Gasteiger partial charge on any atom is -0.343 e. The number of nitrogens with one attached hydrogen (secondary N) is 3. The number of nitrogens with zero attached hydrogens (tertiary/aromatic N) is 2. The topological polar surface area (TPSA) is 88.0 Å². The molecule has 0 saturated heterocycles. The molecule has 0 aliphatic carbocycles. The minimum absolute atomic E-state index is 0.260. The van der Waals surface area contributed by atoms with Crippen molar-refractivity contribution in [1.82, 2.24) is 9.78 Å². The fourth-order valence-corrected chi connectivity index (χ4v) is 4.97. The van der Waals surface area contributed by atoms with Gasteiger partial charge < -0.3 is 16.0 Å². The molecule has 7 nitrogen and oxygen atoms in total. The molecule has 38 heavy (non-hydrogen) atoms. The zero-order valence-corrected chi connectivity index (χ0v) is 22.6. The summed E-state index contributed by atoms with van der Waals surface area (Å²) >= 11 is 3.26. The number of rotatable bonds is 5. The van der Waals surface area contributed by atoms with Crippen molar-refractivity contribution in [2.45, 2.75) is 26.8 Å². The lowest BCUT2D eigenvalue weighted by Crippen LogP contribution is -2.32. The van der Waals surface area contributed by atoms with Crippen molar-refractivity contribution < 1.29 is 14.0 Å². The Kier molecular flexibility index (Phi) is 6.86. The summed E-state index contributed by atoms with van der Waals surface area (Å²) in [6, 6.07) is 18.8. The van der Waals surface area contributed by atoms with Gasteiger partial charge in [-0.05, 0) is 78.2 Å². The molecule has 0 fully saturated rings. The van der Waals surface area contributed by atoms with Crippen LogP contribution in [0.1, 0.15) is 40.0 Å². The van der Waals surface area contributed by atoms with E-state index < -0.39 is 11.9 Å². The van der Waals surface area contributed by atoms with Crippen molar-refractivity contribution in [3.63, 3.8) is 0 Å². The molecule has 3 aromatic carbocycles. The second-order valence-electron chi connectivity index (χ2n) is 9.18. The molecule has 9 heteroatoms. The molecule has 1 aromatic heterocycles. The number of amides is 2. The van der Waals surface area contributed by atoms with Crippen molar-refractivity contribution in [3.05, 3.63) is 117 Å². The molecule has 4 aromatic rings. The first-order chi connectivity index (χ1) is 18.2. The van der Waals surface area contributed by atoms with Crippen LogP contribution in [0.3, 0.4) is 0 Å². The number of hydrogen-bond acceptors (Lipinski definition) is 4. The van der Waals surface area contributed by atoms with Gasteiger partial charge in [0.25, 0.3) is 11.8 Å². The number of fused-ring (bicyclic) bond motifs is 1. The number of hydrogen-bond donors (Lipinski definition) is 3. The number of carbonyl (C=O) groups is 2. The van der Waals surface area contributed by atoms with E-state index in [1.165, 1.54) is 12.3 Å². The van der Waals surface area contributed by atoms with E-state index in [1.807, 2.05) is 50.2 Å². The van der Waals surface area contributed by atoms with E-state index in [-0.39, 0.29) is 16.3 Å². The third kappa shape index (κ3) is 4.84. The van der Waals surface area contributed by atoms with Crippen LogP contribution < -0.4 is 16.0 Å². The molecule has 1 atom stereocenters. The molecule has 1 aliphatic rings. The van der Waals surface area contributed by atoms with Crippen LogP contribution in [-0.2, 0) is 4.79 Å². The van der Waals surface area contributed by atoms with Crippen LogP contribution in [0.15, 0.2) is 88.7 Å². The third-order valence-electron chi connectivity index (χ3n) is 6.43. The highest BCUT2D eigenvalue weighted by Gasteiger charge is 2.35. The molecular weight excluding hydrogens is 549 g/mol. The van der Waals surface area contributed by atoms with Crippen LogP contribution in [0.5, 0.6) is 0 Å².